The molecule has 24 heavy (non-hydrogen) atoms. The first-order chi connectivity index (χ1) is 11.3. The third-order valence-corrected chi connectivity index (χ3v) is 5.17. The fourth-order valence-corrected chi connectivity index (χ4v) is 3.42. The smallest absolute Gasteiger partial charge is 0.285 e. The summed E-state index contributed by atoms with van der Waals surface area (Å²) in [5, 5.41) is 12.2. The number of Topliss-reactive ketones (excluding diaryl/α,β-unsaturated/α-hetero) is 1. The van der Waals surface area contributed by atoms with E-state index in [2.05, 4.69) is 19.2 Å². The molecule has 1 amide bonds. The van der Waals surface area contributed by atoms with Crippen molar-refractivity contribution in [3.05, 3.63) is 33.3 Å². The van der Waals surface area contributed by atoms with Gasteiger partial charge in [0, 0.05) is 5.56 Å². The maximum atomic E-state index is 12.8. The number of ether oxygens (including phenoxy) is 1. The van der Waals surface area contributed by atoms with E-state index in [-0.39, 0.29) is 27.1 Å². The number of hydrogen-bond donors (Lipinski definition) is 2. The Hall–Kier alpha value is -1.72. The monoisotopic (exact) mass is 369 g/mol. The molecule has 0 bridgehead atoms. The first-order valence-electron chi connectivity index (χ1n) is 7.75. The molecule has 5 nitrogen and oxygen atoms in total. The Morgan fingerprint density at radius 2 is 2.00 bits per heavy atom. The third-order valence-electron chi connectivity index (χ3n) is 4.25. The Morgan fingerprint density at radius 1 is 1.29 bits per heavy atom. The molecule has 1 atom stereocenters. The van der Waals surface area contributed by atoms with Gasteiger partial charge in [0.05, 0.1) is 5.56 Å². The number of carbonyl (C=O) groups excluding carboxylic acids is 2. The lowest BCUT2D eigenvalue weighted by Gasteiger charge is -2.22. The van der Waals surface area contributed by atoms with Gasteiger partial charge in [-0.2, -0.15) is 0 Å². The van der Waals surface area contributed by atoms with Gasteiger partial charge in [-0.15, -0.1) is 0 Å². The van der Waals surface area contributed by atoms with E-state index >= 15 is 0 Å². The number of nitrogens with one attached hydrogen (secondary N) is 1. The van der Waals surface area contributed by atoms with Gasteiger partial charge in [0.25, 0.3) is 11.6 Å². The maximum Gasteiger partial charge on any atom is 0.285 e. The topological polar surface area (TPSA) is 75.6 Å². The van der Waals surface area contributed by atoms with Crippen LogP contribution in [0.25, 0.3) is 0 Å². The summed E-state index contributed by atoms with van der Waals surface area (Å²) in [6.45, 7) is 4.23. The van der Waals surface area contributed by atoms with Crippen LogP contribution in [0.5, 0.6) is 11.5 Å². The molecule has 1 aromatic carbocycles. The summed E-state index contributed by atoms with van der Waals surface area (Å²) < 4.78 is 5.77. The quantitative estimate of drug-likeness (QED) is 0.851. The Balaban J connectivity index is 1.99. The zero-order chi connectivity index (χ0) is 17.6. The lowest BCUT2D eigenvalue weighted by molar-refractivity contribution is -0.118. The van der Waals surface area contributed by atoms with Crippen LogP contribution in [-0.4, -0.2) is 22.5 Å². The van der Waals surface area contributed by atoms with Crippen LogP contribution in [0.2, 0.25) is 0 Å². The number of halogens is 2. The van der Waals surface area contributed by atoms with Crippen molar-refractivity contribution >= 4 is 34.9 Å². The van der Waals surface area contributed by atoms with Gasteiger partial charge < -0.3 is 15.2 Å². The van der Waals surface area contributed by atoms with Gasteiger partial charge in [-0.3, -0.25) is 9.59 Å². The molecule has 2 aliphatic rings. The molecule has 2 aliphatic heterocycles. The average molecular weight is 370 g/mol. The lowest BCUT2D eigenvalue weighted by Crippen LogP contribution is -2.52. The van der Waals surface area contributed by atoms with Crippen LogP contribution in [0, 0.1) is 5.92 Å². The van der Waals surface area contributed by atoms with Crippen LogP contribution in [0.4, 0.5) is 0 Å². The number of ketones is 1. The molecule has 0 aromatic heterocycles. The summed E-state index contributed by atoms with van der Waals surface area (Å²) in [5.41, 5.74) is -0.990. The van der Waals surface area contributed by atoms with Crippen molar-refractivity contribution in [2.45, 2.75) is 38.8 Å². The second-order valence-electron chi connectivity index (χ2n) is 6.42. The minimum atomic E-state index is -1.81. The SMILES string of the molecule is CC(C)CCCc1c(O)ccc2c1O[C@]1(NC(=O)C(Cl)=C1Cl)C2=O. The molecule has 2 heterocycles. The Morgan fingerprint density at radius 3 is 2.58 bits per heavy atom. The molecule has 2 N–H and O–H groups in total. The predicted molar refractivity (Wildman–Crippen MR) is 90.4 cm³/mol. The molecule has 1 aromatic rings. The van der Waals surface area contributed by atoms with E-state index in [1.807, 2.05) is 0 Å². The zero-order valence-electron chi connectivity index (χ0n) is 13.3. The van der Waals surface area contributed by atoms with Crippen molar-refractivity contribution < 1.29 is 19.4 Å². The second-order valence-corrected chi connectivity index (χ2v) is 7.18. The molecular formula is C17H17Cl2NO4. The van der Waals surface area contributed by atoms with Crippen LogP contribution >= 0.6 is 23.2 Å². The summed E-state index contributed by atoms with van der Waals surface area (Å²) in [4.78, 5) is 24.5. The van der Waals surface area contributed by atoms with Crippen molar-refractivity contribution in [2.75, 3.05) is 0 Å². The molecule has 3 rings (SSSR count). The first kappa shape index (κ1) is 17.1. The van der Waals surface area contributed by atoms with E-state index in [4.69, 9.17) is 27.9 Å². The summed E-state index contributed by atoms with van der Waals surface area (Å²) >= 11 is 11.9. The molecule has 7 heteroatoms. The highest BCUT2D eigenvalue weighted by molar-refractivity contribution is 6.51. The average Bonchev–Trinajstić information content (AvgIpc) is 2.92. The van der Waals surface area contributed by atoms with E-state index in [9.17, 15) is 14.7 Å². The molecule has 0 aliphatic carbocycles. The minimum absolute atomic E-state index is 0.0536. The Labute approximate surface area is 149 Å². The van der Waals surface area contributed by atoms with E-state index in [0.717, 1.165) is 12.8 Å². The number of benzene rings is 1. The van der Waals surface area contributed by atoms with Gasteiger partial charge in [0.1, 0.15) is 21.6 Å². The van der Waals surface area contributed by atoms with Crippen LogP contribution in [-0.2, 0) is 11.2 Å². The van der Waals surface area contributed by atoms with Crippen LogP contribution < -0.4 is 10.1 Å². The number of carbonyl (C=O) groups is 2. The van der Waals surface area contributed by atoms with Gasteiger partial charge in [0.2, 0.25) is 5.78 Å². The van der Waals surface area contributed by atoms with Crippen molar-refractivity contribution in [2.24, 2.45) is 5.92 Å². The van der Waals surface area contributed by atoms with Crippen LogP contribution in [0.15, 0.2) is 22.2 Å². The molecule has 0 unspecified atom stereocenters. The van der Waals surface area contributed by atoms with Gasteiger partial charge in [-0.1, -0.05) is 43.5 Å². The zero-order valence-corrected chi connectivity index (χ0v) is 14.8. The van der Waals surface area contributed by atoms with Crippen molar-refractivity contribution in [1.82, 2.24) is 5.32 Å². The van der Waals surface area contributed by atoms with E-state index in [1.54, 1.807) is 0 Å². The van der Waals surface area contributed by atoms with Crippen LogP contribution in [0.3, 0.4) is 0 Å². The number of amides is 1. The number of hydrogen-bond acceptors (Lipinski definition) is 4. The normalized spacial score (nSPS) is 22.4. The van der Waals surface area contributed by atoms with E-state index in [0.29, 0.717) is 17.9 Å². The van der Waals surface area contributed by atoms with E-state index < -0.39 is 17.4 Å². The van der Waals surface area contributed by atoms with Gasteiger partial charge in [0.15, 0.2) is 0 Å². The molecule has 0 saturated heterocycles. The number of aromatic hydroxyl groups is 1. The largest absolute Gasteiger partial charge is 0.508 e. The number of phenols is 1. The first-order valence-corrected chi connectivity index (χ1v) is 8.50. The molecule has 1 spiro atoms. The fraction of sp³-hybridized carbons (Fsp3) is 0.412. The minimum Gasteiger partial charge on any atom is -0.508 e. The van der Waals surface area contributed by atoms with Gasteiger partial charge in [-0.05, 0) is 30.9 Å². The van der Waals surface area contributed by atoms with Crippen molar-refractivity contribution in [1.29, 1.82) is 0 Å². The second kappa shape index (κ2) is 5.97. The fourth-order valence-electron chi connectivity index (χ4n) is 2.98. The maximum absolute atomic E-state index is 12.8. The third kappa shape index (κ3) is 2.47. The summed E-state index contributed by atoms with van der Waals surface area (Å²) in [6, 6.07) is 2.93. The Bertz CT molecular complexity index is 772. The molecule has 0 radical (unpaired) electrons. The number of rotatable bonds is 4. The highest BCUT2D eigenvalue weighted by Gasteiger charge is 2.58. The van der Waals surface area contributed by atoms with Crippen molar-refractivity contribution in [3.8, 4) is 11.5 Å². The molecule has 128 valence electrons. The molecular weight excluding hydrogens is 353 g/mol. The number of fused-ring (bicyclic) bond motifs is 1. The van der Waals surface area contributed by atoms with E-state index in [1.165, 1.54) is 12.1 Å². The lowest BCUT2D eigenvalue weighted by atomic mass is 9.97. The number of phenolic OH excluding ortho intramolecular Hbond substituents is 1. The highest BCUT2D eigenvalue weighted by atomic mass is 35.5. The van der Waals surface area contributed by atoms with Crippen molar-refractivity contribution in [3.63, 3.8) is 0 Å². The molecule has 0 saturated carbocycles. The Kier molecular flexibility index (Phi) is 4.26. The van der Waals surface area contributed by atoms with Gasteiger partial charge >= 0.3 is 0 Å². The standard InChI is InChI=1S/C17H17Cl2NO4/c1-8(2)4-3-5-9-11(21)7-6-10-13(9)24-17(15(10)22)14(19)12(18)16(23)20-17/h6-8,21H,3-5H2,1-2H3,(H,20,23)/t17-/m0/s1. The summed E-state index contributed by atoms with van der Waals surface area (Å²) in [5.74, 6) is -0.306. The predicted octanol–water partition coefficient (Wildman–Crippen LogP) is 3.46. The summed E-state index contributed by atoms with van der Waals surface area (Å²) in [7, 11) is 0. The summed E-state index contributed by atoms with van der Waals surface area (Å²) in [6.07, 6.45) is 2.37. The van der Waals surface area contributed by atoms with Crippen LogP contribution in [0.1, 0.15) is 42.6 Å². The van der Waals surface area contributed by atoms with Gasteiger partial charge in [-0.25, -0.2) is 0 Å². The molecule has 0 fully saturated rings. The highest BCUT2D eigenvalue weighted by Crippen LogP contribution is 2.47.